The Morgan fingerprint density at radius 1 is 0.941 bits per heavy atom. The lowest BCUT2D eigenvalue weighted by Gasteiger charge is -2.01. The highest BCUT2D eigenvalue weighted by atomic mass is 35.5. The van der Waals surface area contributed by atoms with Crippen LogP contribution in [0.5, 0.6) is 0 Å². The Kier molecular flexibility index (Phi) is 3.61. The monoisotopic (exact) mass is 266 g/mol. The quantitative estimate of drug-likeness (QED) is 0.432. The van der Waals surface area contributed by atoms with E-state index in [4.69, 9.17) is 23.2 Å². The summed E-state index contributed by atoms with van der Waals surface area (Å²) in [6.45, 7) is 0. The summed E-state index contributed by atoms with van der Waals surface area (Å²) < 4.78 is 0. The first-order valence-electron chi connectivity index (χ1n) is 4.86. The first-order valence-corrected chi connectivity index (χ1v) is 5.61. The highest BCUT2D eigenvalue weighted by Gasteiger charge is 2.07. The van der Waals surface area contributed by atoms with Crippen LogP contribution in [0.4, 0.5) is 11.4 Å². The summed E-state index contributed by atoms with van der Waals surface area (Å²) in [6, 6.07) is 13.5. The molecule has 0 spiro atoms. The van der Waals surface area contributed by atoms with Crippen LogP contribution in [0.3, 0.4) is 0 Å². The molecule has 0 aliphatic carbocycles. The molecule has 5 heteroatoms. The van der Waals surface area contributed by atoms with E-state index >= 15 is 0 Å². The Bertz CT molecular complexity index is 556. The van der Waals surface area contributed by atoms with Crippen LogP contribution in [-0.2, 0) is 0 Å². The Labute approximate surface area is 109 Å². The number of rotatable bonds is 2. The third-order valence-electron chi connectivity index (χ3n) is 2.09. The minimum atomic E-state index is 0.327. The molecule has 0 heterocycles. The maximum atomic E-state index is 11.7. The van der Waals surface area contributed by atoms with Gasteiger partial charge in [-0.2, -0.15) is 0 Å². The maximum absolute atomic E-state index is 11.7. The maximum Gasteiger partial charge on any atom is 0.246 e. The molecule has 0 saturated carbocycles. The molecule has 86 valence electrons. The van der Waals surface area contributed by atoms with E-state index in [9.17, 15) is 5.21 Å². The van der Waals surface area contributed by atoms with Crippen LogP contribution < -0.4 is 0 Å². The van der Waals surface area contributed by atoms with Gasteiger partial charge in [-0.25, -0.2) is 0 Å². The molecule has 0 unspecified atom stereocenters. The van der Waals surface area contributed by atoms with Gasteiger partial charge in [-0.05, 0) is 18.2 Å². The lowest BCUT2D eigenvalue weighted by Crippen LogP contribution is -1.90. The molecule has 0 fully saturated rings. The summed E-state index contributed by atoms with van der Waals surface area (Å²) in [5.41, 5.74) is 0.914. The largest absolute Gasteiger partial charge is 0.594 e. The summed E-state index contributed by atoms with van der Waals surface area (Å²) in [7, 11) is 0. The van der Waals surface area contributed by atoms with Crippen LogP contribution in [0.25, 0.3) is 0 Å². The predicted octanol–water partition coefficient (Wildman–Crippen LogP) is 4.92. The van der Waals surface area contributed by atoms with Crippen LogP contribution in [0, 0.1) is 5.21 Å². The smallest absolute Gasteiger partial charge is 0.246 e. The molecule has 0 atom stereocenters. The highest BCUT2D eigenvalue weighted by Crippen LogP contribution is 2.27. The van der Waals surface area contributed by atoms with Gasteiger partial charge in [-0.1, -0.05) is 46.3 Å². The fourth-order valence-corrected chi connectivity index (χ4v) is 1.55. The van der Waals surface area contributed by atoms with Crippen LogP contribution >= 0.6 is 23.2 Å². The molecule has 0 bridgehead atoms. The van der Waals surface area contributed by atoms with Crippen molar-refractivity contribution < 1.29 is 4.86 Å². The summed E-state index contributed by atoms with van der Waals surface area (Å²) >= 11 is 11.6. The predicted molar refractivity (Wildman–Crippen MR) is 68.3 cm³/mol. The summed E-state index contributed by atoms with van der Waals surface area (Å²) in [5, 5.41) is 16.3. The fourth-order valence-electron chi connectivity index (χ4n) is 1.26. The second-order valence-corrected chi connectivity index (χ2v) is 4.12. The zero-order chi connectivity index (χ0) is 12.3. The van der Waals surface area contributed by atoms with Crippen molar-refractivity contribution in [3.63, 3.8) is 0 Å². The highest BCUT2D eigenvalue weighted by molar-refractivity contribution is 6.42. The van der Waals surface area contributed by atoms with E-state index in [-0.39, 0.29) is 0 Å². The van der Waals surface area contributed by atoms with Gasteiger partial charge in [-0.15, -0.1) is 0 Å². The molecule has 0 aliphatic rings. The van der Waals surface area contributed by atoms with Gasteiger partial charge in [0, 0.05) is 17.2 Å². The molecule has 0 radical (unpaired) electrons. The molecule has 2 rings (SSSR count). The Morgan fingerprint density at radius 3 is 2.29 bits per heavy atom. The van der Waals surface area contributed by atoms with E-state index in [1.807, 2.05) is 18.2 Å². The minimum absolute atomic E-state index is 0.327. The van der Waals surface area contributed by atoms with E-state index in [1.165, 1.54) is 6.07 Å². The third kappa shape index (κ3) is 2.96. The van der Waals surface area contributed by atoms with Crippen molar-refractivity contribution in [1.29, 1.82) is 0 Å². The summed E-state index contributed by atoms with van der Waals surface area (Å²) in [4.78, 5) is 0.511. The average molecular weight is 267 g/mol. The second kappa shape index (κ2) is 5.17. The molecule has 0 aliphatic heterocycles. The number of azo groups is 1. The van der Waals surface area contributed by atoms with Gasteiger partial charge in [0.25, 0.3) is 0 Å². The van der Waals surface area contributed by atoms with Crippen LogP contribution in [0.2, 0.25) is 10.0 Å². The lowest BCUT2D eigenvalue weighted by molar-refractivity contribution is -0.435. The number of hydrogen-bond acceptors (Lipinski definition) is 2. The second-order valence-electron chi connectivity index (χ2n) is 3.31. The minimum Gasteiger partial charge on any atom is -0.594 e. The number of benzene rings is 2. The molecule has 2 aromatic carbocycles. The summed E-state index contributed by atoms with van der Waals surface area (Å²) in [6.07, 6.45) is 0. The van der Waals surface area contributed by atoms with Crippen molar-refractivity contribution >= 4 is 34.6 Å². The van der Waals surface area contributed by atoms with Gasteiger partial charge in [0.05, 0.1) is 10.0 Å². The van der Waals surface area contributed by atoms with Crippen molar-refractivity contribution in [2.45, 2.75) is 0 Å². The van der Waals surface area contributed by atoms with Crippen molar-refractivity contribution in [1.82, 2.24) is 0 Å². The number of halogens is 2. The Hall–Kier alpha value is -1.58. The van der Waals surface area contributed by atoms with Crippen LogP contribution in [-0.4, -0.2) is 4.86 Å². The molecular formula is C12H8Cl2N2O. The van der Waals surface area contributed by atoms with Crippen LogP contribution in [0.15, 0.2) is 53.6 Å². The molecule has 17 heavy (non-hydrogen) atoms. The van der Waals surface area contributed by atoms with E-state index in [0.717, 1.165) is 0 Å². The lowest BCUT2D eigenvalue weighted by atomic mass is 10.3. The molecule has 0 saturated heterocycles. The molecule has 2 aromatic rings. The van der Waals surface area contributed by atoms with Crippen LogP contribution in [0.1, 0.15) is 0 Å². The van der Waals surface area contributed by atoms with Gasteiger partial charge in [0.1, 0.15) is 5.69 Å². The van der Waals surface area contributed by atoms with E-state index in [0.29, 0.717) is 26.3 Å². The standard InChI is InChI=1S/C12H8Cl2N2O/c13-11-7-6-10(8-12(11)14)16(17)15-9-4-2-1-3-5-9/h1-8H. The zero-order valence-corrected chi connectivity index (χ0v) is 10.2. The van der Waals surface area contributed by atoms with E-state index in [1.54, 1.807) is 24.3 Å². The molecule has 0 N–H and O–H groups in total. The SMILES string of the molecule is [O-][N+](=Nc1ccccc1)c1ccc(Cl)c(Cl)c1. The van der Waals surface area contributed by atoms with E-state index < -0.39 is 0 Å². The van der Waals surface area contributed by atoms with Gasteiger partial charge >= 0.3 is 0 Å². The normalized spacial score (nSPS) is 11.5. The first kappa shape index (κ1) is 11.9. The Balaban J connectivity index is 2.34. The topological polar surface area (TPSA) is 38.4 Å². The first-order chi connectivity index (χ1) is 8.16. The van der Waals surface area contributed by atoms with Gasteiger partial charge < -0.3 is 5.21 Å². The summed E-state index contributed by atoms with van der Waals surface area (Å²) in [5.74, 6) is 0. The molecule has 0 aromatic heterocycles. The zero-order valence-electron chi connectivity index (χ0n) is 8.68. The number of nitrogens with zero attached hydrogens (tertiary/aromatic N) is 2. The molecule has 3 nitrogen and oxygen atoms in total. The number of hydrogen-bond donors (Lipinski definition) is 0. The molecular weight excluding hydrogens is 259 g/mol. The van der Waals surface area contributed by atoms with Crippen molar-refractivity contribution in [2.24, 2.45) is 5.11 Å². The van der Waals surface area contributed by atoms with E-state index in [2.05, 4.69) is 5.11 Å². The van der Waals surface area contributed by atoms with Gasteiger partial charge in [0.2, 0.25) is 5.69 Å². The van der Waals surface area contributed by atoms with Gasteiger partial charge in [-0.3, -0.25) is 0 Å². The van der Waals surface area contributed by atoms with Crippen molar-refractivity contribution in [2.75, 3.05) is 0 Å². The van der Waals surface area contributed by atoms with Crippen molar-refractivity contribution in [3.8, 4) is 0 Å². The Morgan fingerprint density at radius 2 is 1.65 bits per heavy atom. The third-order valence-corrected chi connectivity index (χ3v) is 2.83. The molecule has 0 amide bonds. The average Bonchev–Trinajstić information content (AvgIpc) is 2.34. The fraction of sp³-hybridized carbons (Fsp3) is 0. The van der Waals surface area contributed by atoms with Gasteiger partial charge in [0.15, 0.2) is 0 Å². The van der Waals surface area contributed by atoms with Crippen molar-refractivity contribution in [3.05, 3.63) is 63.8 Å².